The van der Waals surface area contributed by atoms with E-state index in [-0.39, 0.29) is 0 Å². The normalized spacial score (nSPS) is 11.9. The molecule has 128 valence electrons. The number of fused-ring (bicyclic) bond motifs is 1. The van der Waals surface area contributed by atoms with Crippen LogP contribution in [0.2, 0.25) is 0 Å². The van der Waals surface area contributed by atoms with Crippen molar-refractivity contribution in [1.29, 1.82) is 0 Å². The van der Waals surface area contributed by atoms with Gasteiger partial charge in [-0.1, -0.05) is 30.3 Å². The molecule has 3 rings (SSSR count). The number of aromatic nitrogens is 1. The van der Waals surface area contributed by atoms with Crippen LogP contribution in [0.5, 0.6) is 0 Å². The molecule has 0 saturated heterocycles. The molecule has 6 heteroatoms. The lowest BCUT2D eigenvalue weighted by molar-refractivity contribution is -0.118. The molecule has 0 radical (unpaired) electrons. The van der Waals surface area contributed by atoms with E-state index in [1.165, 1.54) is 7.11 Å². The predicted octanol–water partition coefficient (Wildman–Crippen LogP) is 2.10. The number of nitrogens with zero attached hydrogens (tertiary/aromatic N) is 1. The summed E-state index contributed by atoms with van der Waals surface area (Å²) in [5.74, 6) is -1.70. The van der Waals surface area contributed by atoms with Gasteiger partial charge in [-0.2, -0.15) is 4.73 Å². The quantitative estimate of drug-likeness (QED) is 0.722. The molecule has 1 amide bonds. The van der Waals surface area contributed by atoms with E-state index in [2.05, 4.69) is 0 Å². The van der Waals surface area contributed by atoms with Crippen LogP contribution < -0.4 is 10.6 Å². The van der Waals surface area contributed by atoms with Gasteiger partial charge in [0.1, 0.15) is 7.11 Å². The molecule has 1 atom stereocenters. The summed E-state index contributed by atoms with van der Waals surface area (Å²) in [5, 5.41) is 0.858. The molecule has 1 heterocycles. The third-order valence-corrected chi connectivity index (χ3v) is 4.14. The van der Waals surface area contributed by atoms with Crippen LogP contribution in [-0.2, 0) is 9.53 Å². The number of carbonyl (C=O) groups excluding carboxylic acids is 2. The van der Waals surface area contributed by atoms with Crippen molar-refractivity contribution in [2.45, 2.75) is 5.92 Å². The molecule has 2 aromatic carbocycles. The molecule has 0 bridgehead atoms. The number of amides is 1. The number of esters is 1. The Morgan fingerprint density at radius 3 is 2.52 bits per heavy atom. The Labute approximate surface area is 144 Å². The van der Waals surface area contributed by atoms with Gasteiger partial charge in [0.2, 0.25) is 5.91 Å². The van der Waals surface area contributed by atoms with Crippen molar-refractivity contribution in [3.05, 3.63) is 71.4 Å². The highest BCUT2D eigenvalue weighted by atomic mass is 16.6. The van der Waals surface area contributed by atoms with Gasteiger partial charge in [0.25, 0.3) is 0 Å². The molecule has 25 heavy (non-hydrogen) atoms. The van der Waals surface area contributed by atoms with E-state index in [0.717, 1.165) is 10.9 Å². The van der Waals surface area contributed by atoms with Crippen LogP contribution in [0.15, 0.2) is 54.7 Å². The van der Waals surface area contributed by atoms with Crippen LogP contribution in [-0.4, -0.2) is 30.8 Å². The average molecular weight is 338 g/mol. The second-order valence-corrected chi connectivity index (χ2v) is 5.56. The number of hydrogen-bond acceptors (Lipinski definition) is 4. The second kappa shape index (κ2) is 6.68. The van der Waals surface area contributed by atoms with Crippen molar-refractivity contribution < 1.29 is 19.2 Å². The summed E-state index contributed by atoms with van der Waals surface area (Å²) in [6.45, 7) is 0. The summed E-state index contributed by atoms with van der Waals surface area (Å²) in [6, 6.07) is 14.3. The minimum Gasteiger partial charge on any atom is -0.465 e. The number of para-hydroxylation sites is 1. The Morgan fingerprint density at radius 1 is 1.08 bits per heavy atom. The first-order valence-corrected chi connectivity index (χ1v) is 7.69. The van der Waals surface area contributed by atoms with E-state index in [4.69, 9.17) is 15.3 Å². The first-order valence-electron chi connectivity index (χ1n) is 7.69. The van der Waals surface area contributed by atoms with Crippen LogP contribution in [0.25, 0.3) is 10.9 Å². The summed E-state index contributed by atoms with van der Waals surface area (Å²) >= 11 is 0. The summed E-state index contributed by atoms with van der Waals surface area (Å²) in [4.78, 5) is 29.4. The van der Waals surface area contributed by atoms with Crippen molar-refractivity contribution in [1.82, 2.24) is 4.73 Å². The number of nitrogens with two attached hydrogens (primary N) is 1. The van der Waals surface area contributed by atoms with Gasteiger partial charge in [-0.25, -0.2) is 4.79 Å². The molecule has 0 spiro atoms. The third kappa shape index (κ3) is 2.94. The SMILES string of the molecule is COC(=O)c1cccc(C(C(N)=O)c2cn(OC)c3ccccc23)c1. The minimum atomic E-state index is -0.717. The zero-order valence-electron chi connectivity index (χ0n) is 13.9. The van der Waals surface area contributed by atoms with Crippen molar-refractivity contribution in [2.24, 2.45) is 5.73 Å². The van der Waals surface area contributed by atoms with Gasteiger partial charge in [-0.05, 0) is 29.3 Å². The fourth-order valence-corrected chi connectivity index (χ4v) is 3.02. The predicted molar refractivity (Wildman–Crippen MR) is 93.3 cm³/mol. The molecule has 0 aliphatic heterocycles. The van der Waals surface area contributed by atoms with E-state index in [1.54, 1.807) is 42.3 Å². The number of hydrogen-bond donors (Lipinski definition) is 1. The van der Waals surface area contributed by atoms with Crippen LogP contribution in [0.4, 0.5) is 0 Å². The van der Waals surface area contributed by atoms with Crippen molar-refractivity contribution in [2.75, 3.05) is 14.2 Å². The molecular formula is C19H18N2O4. The summed E-state index contributed by atoms with van der Waals surface area (Å²) < 4.78 is 6.34. The number of rotatable bonds is 5. The molecule has 3 aromatic rings. The molecule has 0 saturated carbocycles. The first-order chi connectivity index (χ1) is 12.1. The monoisotopic (exact) mass is 338 g/mol. The van der Waals surface area contributed by atoms with Crippen molar-refractivity contribution >= 4 is 22.8 Å². The van der Waals surface area contributed by atoms with Crippen LogP contribution in [0.1, 0.15) is 27.4 Å². The van der Waals surface area contributed by atoms with Gasteiger partial charge in [0.05, 0.1) is 24.1 Å². The van der Waals surface area contributed by atoms with Gasteiger partial charge in [-0.15, -0.1) is 0 Å². The molecular weight excluding hydrogens is 320 g/mol. The maximum absolute atomic E-state index is 12.2. The number of carbonyl (C=O) groups is 2. The number of benzene rings is 2. The Morgan fingerprint density at radius 2 is 1.84 bits per heavy atom. The highest BCUT2D eigenvalue weighted by Gasteiger charge is 2.25. The van der Waals surface area contributed by atoms with Gasteiger partial charge < -0.3 is 15.3 Å². The van der Waals surface area contributed by atoms with Gasteiger partial charge in [-0.3, -0.25) is 4.79 Å². The fourth-order valence-electron chi connectivity index (χ4n) is 3.02. The molecule has 0 aliphatic rings. The van der Waals surface area contributed by atoms with Crippen molar-refractivity contribution in [3.8, 4) is 0 Å². The third-order valence-electron chi connectivity index (χ3n) is 4.14. The van der Waals surface area contributed by atoms with E-state index in [0.29, 0.717) is 16.7 Å². The first kappa shape index (κ1) is 16.6. The van der Waals surface area contributed by atoms with Crippen LogP contribution >= 0.6 is 0 Å². The molecule has 1 aromatic heterocycles. The van der Waals surface area contributed by atoms with Crippen LogP contribution in [0.3, 0.4) is 0 Å². The lowest BCUT2D eigenvalue weighted by Gasteiger charge is -2.14. The Bertz CT molecular complexity index is 946. The van der Waals surface area contributed by atoms with Gasteiger partial charge >= 0.3 is 5.97 Å². The lowest BCUT2D eigenvalue weighted by atomic mass is 9.89. The maximum Gasteiger partial charge on any atom is 0.337 e. The van der Waals surface area contributed by atoms with Crippen LogP contribution in [0, 0.1) is 0 Å². The Hall–Kier alpha value is -3.28. The summed E-state index contributed by atoms with van der Waals surface area (Å²) in [7, 11) is 2.86. The zero-order valence-corrected chi connectivity index (χ0v) is 13.9. The fraction of sp³-hybridized carbons (Fsp3) is 0.158. The highest BCUT2D eigenvalue weighted by molar-refractivity contribution is 5.95. The minimum absolute atomic E-state index is 0.363. The molecule has 1 unspecified atom stereocenters. The Kier molecular flexibility index (Phi) is 4.43. The van der Waals surface area contributed by atoms with E-state index < -0.39 is 17.8 Å². The topological polar surface area (TPSA) is 83.5 Å². The summed E-state index contributed by atoms with van der Waals surface area (Å²) in [6.07, 6.45) is 1.74. The van der Waals surface area contributed by atoms with E-state index in [9.17, 15) is 9.59 Å². The van der Waals surface area contributed by atoms with Gasteiger partial charge in [0, 0.05) is 11.6 Å². The standard InChI is InChI=1S/C19H18N2O4/c1-24-19(23)13-7-5-6-12(10-13)17(18(20)22)15-11-21(25-2)16-9-4-3-8-14(15)16/h3-11,17H,1-2H3,(H2,20,22). The molecule has 2 N–H and O–H groups in total. The second-order valence-electron chi connectivity index (χ2n) is 5.56. The largest absolute Gasteiger partial charge is 0.465 e. The number of methoxy groups -OCH3 is 1. The van der Waals surface area contributed by atoms with E-state index >= 15 is 0 Å². The summed E-state index contributed by atoms with van der Waals surface area (Å²) in [5.41, 5.74) is 8.22. The number of primary amides is 1. The van der Waals surface area contributed by atoms with Gasteiger partial charge in [0.15, 0.2) is 0 Å². The lowest BCUT2D eigenvalue weighted by Crippen LogP contribution is -2.22. The highest BCUT2D eigenvalue weighted by Crippen LogP contribution is 2.32. The molecule has 0 aliphatic carbocycles. The maximum atomic E-state index is 12.2. The Balaban J connectivity index is 2.18. The number of ether oxygens (including phenoxy) is 1. The smallest absolute Gasteiger partial charge is 0.337 e. The van der Waals surface area contributed by atoms with Crippen molar-refractivity contribution in [3.63, 3.8) is 0 Å². The van der Waals surface area contributed by atoms with E-state index in [1.807, 2.05) is 24.3 Å². The zero-order chi connectivity index (χ0) is 18.0. The molecule has 6 nitrogen and oxygen atoms in total. The molecule has 0 fully saturated rings. The average Bonchev–Trinajstić information content (AvgIpc) is 3.00.